The molecule has 1 aromatic carbocycles. The number of hydrogen-bond acceptors (Lipinski definition) is 5. The third kappa shape index (κ3) is 1.39. The number of nitrogens with zero attached hydrogens (tertiary/aromatic N) is 2. The minimum absolute atomic E-state index is 0.00588. The van der Waals surface area contributed by atoms with Crippen LogP contribution in [0.3, 0.4) is 0 Å². The number of fused-ring (bicyclic) bond motifs is 2. The van der Waals surface area contributed by atoms with Gasteiger partial charge in [0.2, 0.25) is 5.91 Å². The molecule has 5 aliphatic heterocycles. The molecule has 2 N–H and O–H groups in total. The maximum Gasteiger partial charge on any atom is 0.230 e. The number of anilines is 1. The van der Waals surface area contributed by atoms with Gasteiger partial charge in [-0.3, -0.25) is 9.69 Å². The molecule has 5 heterocycles. The number of carbonyl (C=O) groups excluding carboxylic acids is 1. The molecular weight excluding hydrogens is 344 g/mol. The van der Waals surface area contributed by atoms with E-state index in [2.05, 4.69) is 11.0 Å². The lowest BCUT2D eigenvalue weighted by molar-refractivity contribution is -0.197. The minimum Gasteiger partial charge on any atom is -0.506 e. The quantitative estimate of drug-likeness (QED) is 0.673. The first-order valence-electron chi connectivity index (χ1n) is 9.99. The average molecular weight is 366 g/mol. The zero-order chi connectivity index (χ0) is 18.1. The average Bonchev–Trinajstić information content (AvgIpc) is 3.06. The van der Waals surface area contributed by atoms with Crippen molar-refractivity contribution in [2.24, 2.45) is 11.8 Å². The summed E-state index contributed by atoms with van der Waals surface area (Å²) < 4.78 is 6.17. The van der Waals surface area contributed by atoms with Gasteiger partial charge in [0, 0.05) is 19.0 Å². The van der Waals surface area contributed by atoms with Gasteiger partial charge in [-0.05, 0) is 30.4 Å². The van der Waals surface area contributed by atoms with Crippen molar-refractivity contribution in [3.05, 3.63) is 35.4 Å². The molecule has 1 aliphatic carbocycles. The molecule has 1 amide bonds. The number of amides is 1. The van der Waals surface area contributed by atoms with E-state index in [9.17, 15) is 15.0 Å². The van der Waals surface area contributed by atoms with Crippen LogP contribution in [0.25, 0.3) is 0 Å². The molecule has 140 valence electrons. The maximum absolute atomic E-state index is 13.2. The number of ether oxygens (including phenoxy) is 1. The van der Waals surface area contributed by atoms with E-state index in [1.807, 2.05) is 17.0 Å². The van der Waals surface area contributed by atoms with Gasteiger partial charge in [0.1, 0.15) is 11.5 Å². The monoisotopic (exact) mass is 366 g/mol. The molecule has 27 heavy (non-hydrogen) atoms. The van der Waals surface area contributed by atoms with Gasteiger partial charge in [0.25, 0.3) is 0 Å². The van der Waals surface area contributed by atoms with Gasteiger partial charge in [-0.2, -0.15) is 0 Å². The fourth-order valence-electron chi connectivity index (χ4n) is 7.59. The summed E-state index contributed by atoms with van der Waals surface area (Å²) >= 11 is 0. The summed E-state index contributed by atoms with van der Waals surface area (Å²) in [6, 6.07) is 5.37. The number of piperidine rings is 2. The van der Waals surface area contributed by atoms with Crippen molar-refractivity contribution in [2.75, 3.05) is 24.6 Å². The molecule has 3 saturated heterocycles. The van der Waals surface area contributed by atoms with Crippen LogP contribution in [0, 0.1) is 11.8 Å². The Morgan fingerprint density at radius 3 is 3.07 bits per heavy atom. The molecule has 6 atom stereocenters. The minimum atomic E-state index is -0.972. The second-order valence-corrected chi connectivity index (χ2v) is 9.08. The number of phenolic OH excluding ortho intramolecular Hbond substituents is 1. The number of rotatable bonds is 0. The van der Waals surface area contributed by atoms with Crippen LogP contribution < -0.4 is 4.90 Å². The highest BCUT2D eigenvalue weighted by molar-refractivity contribution is 6.01. The lowest BCUT2D eigenvalue weighted by atomic mass is 9.52. The fraction of sp³-hybridized carbons (Fsp3) is 0.571. The molecular formula is C21H22N2O4. The first-order valence-corrected chi connectivity index (χ1v) is 9.99. The van der Waals surface area contributed by atoms with Crippen LogP contribution >= 0.6 is 0 Å². The van der Waals surface area contributed by atoms with Crippen LogP contribution in [0.5, 0.6) is 5.75 Å². The summed E-state index contributed by atoms with van der Waals surface area (Å²) in [6.45, 7) is 2.14. The smallest absolute Gasteiger partial charge is 0.230 e. The van der Waals surface area contributed by atoms with Crippen LogP contribution in [0.4, 0.5) is 5.69 Å². The van der Waals surface area contributed by atoms with Crippen molar-refractivity contribution >= 4 is 11.6 Å². The van der Waals surface area contributed by atoms with Crippen molar-refractivity contribution in [1.29, 1.82) is 0 Å². The van der Waals surface area contributed by atoms with Gasteiger partial charge >= 0.3 is 0 Å². The number of aromatic hydroxyl groups is 1. The van der Waals surface area contributed by atoms with E-state index in [4.69, 9.17) is 4.74 Å². The molecule has 4 fully saturated rings. The third-order valence-corrected chi connectivity index (χ3v) is 8.45. The third-order valence-electron chi connectivity index (χ3n) is 8.45. The van der Waals surface area contributed by atoms with Gasteiger partial charge in [0.05, 0.1) is 36.3 Å². The molecule has 0 radical (unpaired) electrons. The highest BCUT2D eigenvalue weighted by Crippen LogP contribution is 2.69. The van der Waals surface area contributed by atoms with E-state index in [0.29, 0.717) is 25.1 Å². The Bertz CT molecular complexity index is 944. The van der Waals surface area contributed by atoms with Gasteiger partial charge in [-0.25, -0.2) is 0 Å². The molecule has 0 aromatic heterocycles. The van der Waals surface area contributed by atoms with Crippen molar-refractivity contribution < 1.29 is 19.7 Å². The predicted molar refractivity (Wildman–Crippen MR) is 96.2 cm³/mol. The van der Waals surface area contributed by atoms with E-state index >= 15 is 0 Å². The molecule has 1 spiro atoms. The SMILES string of the molecule is O=C1C[C@@H]2OCC=C3CN4CC[C@]56c7cccc(O)c7N1[C@H]5[C@H]2[C@H]3C[C@]46O. The van der Waals surface area contributed by atoms with Crippen molar-refractivity contribution in [1.82, 2.24) is 4.90 Å². The Hall–Kier alpha value is -1.89. The predicted octanol–water partition coefficient (Wildman–Crippen LogP) is 1.12. The first-order chi connectivity index (χ1) is 13.1. The summed E-state index contributed by atoms with van der Waals surface area (Å²) in [5, 5.41) is 22.8. The van der Waals surface area contributed by atoms with Gasteiger partial charge in [-0.15, -0.1) is 0 Å². The Labute approximate surface area is 157 Å². The maximum atomic E-state index is 13.2. The number of phenols is 1. The molecule has 1 saturated carbocycles. The largest absolute Gasteiger partial charge is 0.506 e. The topological polar surface area (TPSA) is 73.2 Å². The Kier molecular flexibility index (Phi) is 2.46. The van der Waals surface area contributed by atoms with Gasteiger partial charge in [0.15, 0.2) is 0 Å². The Balaban J connectivity index is 1.59. The molecule has 1 aromatic rings. The standard InChI is InChI=1S/C21H22N2O4/c24-14-3-1-2-13-18(14)23-16(25)8-15-17-12-9-21(26)20(13,19(17)23)5-6-22(21)10-11(12)4-7-27-15/h1-4,12,15,17,19,24,26H,5-10H2/t12-,15-,17-,19-,20-,21+/m0/s1. The molecule has 6 nitrogen and oxygen atoms in total. The second-order valence-electron chi connectivity index (χ2n) is 9.08. The van der Waals surface area contributed by atoms with Crippen LogP contribution in [0.1, 0.15) is 24.8 Å². The van der Waals surface area contributed by atoms with Crippen molar-refractivity contribution in [3.8, 4) is 5.75 Å². The summed E-state index contributed by atoms with van der Waals surface area (Å²) in [5.41, 5.74) is 1.41. The van der Waals surface area contributed by atoms with E-state index < -0.39 is 11.1 Å². The fourth-order valence-corrected chi connectivity index (χ4v) is 7.59. The number of benzene rings is 1. The number of aliphatic hydroxyl groups is 1. The second kappa shape index (κ2) is 4.40. The molecule has 6 aliphatic rings. The summed E-state index contributed by atoms with van der Waals surface area (Å²) in [4.78, 5) is 17.3. The number of carbonyl (C=O) groups is 1. The van der Waals surface area contributed by atoms with Gasteiger partial charge in [-0.1, -0.05) is 23.8 Å². The highest BCUT2D eigenvalue weighted by atomic mass is 16.5. The van der Waals surface area contributed by atoms with Crippen molar-refractivity contribution in [2.45, 2.75) is 42.5 Å². The summed E-state index contributed by atoms with van der Waals surface area (Å²) in [5.74, 6) is 0.558. The van der Waals surface area contributed by atoms with Crippen LogP contribution in [0.15, 0.2) is 29.8 Å². The van der Waals surface area contributed by atoms with Crippen LogP contribution in [0.2, 0.25) is 0 Å². The van der Waals surface area contributed by atoms with E-state index in [0.717, 1.165) is 25.1 Å². The zero-order valence-electron chi connectivity index (χ0n) is 15.0. The van der Waals surface area contributed by atoms with Crippen molar-refractivity contribution in [3.63, 3.8) is 0 Å². The highest BCUT2D eigenvalue weighted by Gasteiger charge is 2.77. The first kappa shape index (κ1) is 15.1. The normalized spacial score (nSPS) is 46.2. The Morgan fingerprint density at radius 1 is 1.30 bits per heavy atom. The van der Waals surface area contributed by atoms with Crippen LogP contribution in [-0.4, -0.2) is 58.6 Å². The van der Waals surface area contributed by atoms with Gasteiger partial charge < -0.3 is 19.8 Å². The van der Waals surface area contributed by atoms with E-state index in [1.165, 1.54) is 5.57 Å². The summed E-state index contributed by atoms with van der Waals surface area (Å²) in [7, 11) is 0. The summed E-state index contributed by atoms with van der Waals surface area (Å²) in [6.07, 6.45) is 3.92. The lowest BCUT2D eigenvalue weighted by Crippen LogP contribution is -2.74. The lowest BCUT2D eigenvalue weighted by Gasteiger charge is -2.62. The zero-order valence-corrected chi connectivity index (χ0v) is 15.0. The molecule has 7 rings (SSSR count). The molecule has 6 heteroatoms. The number of para-hydroxylation sites is 1. The van der Waals surface area contributed by atoms with E-state index in [1.54, 1.807) is 6.07 Å². The van der Waals surface area contributed by atoms with Crippen LogP contribution in [-0.2, 0) is 14.9 Å². The Morgan fingerprint density at radius 2 is 2.19 bits per heavy atom. The number of hydrogen-bond donors (Lipinski definition) is 2. The molecule has 2 bridgehead atoms. The molecule has 0 unspecified atom stereocenters. The van der Waals surface area contributed by atoms with E-state index in [-0.39, 0.29) is 35.6 Å².